The van der Waals surface area contributed by atoms with Gasteiger partial charge in [-0.2, -0.15) is 18.2 Å². The van der Waals surface area contributed by atoms with E-state index in [-0.39, 0.29) is 38.5 Å². The van der Waals surface area contributed by atoms with Crippen LogP contribution in [-0.4, -0.2) is 0 Å². The van der Waals surface area contributed by atoms with Gasteiger partial charge in [-0.15, -0.1) is 12.1 Å². The first-order valence-electron chi connectivity index (χ1n) is 2.02. The molecule has 1 aromatic rings. The first-order chi connectivity index (χ1) is 3.39. The SMILES string of the molecule is Fc1[c-]cccc1.[Y+3]. The summed E-state index contributed by atoms with van der Waals surface area (Å²) >= 11 is 0. The molecule has 0 bridgehead atoms. The zero-order chi connectivity index (χ0) is 5.11. The molecule has 0 saturated carbocycles. The Labute approximate surface area is 73.0 Å². The van der Waals surface area contributed by atoms with E-state index in [2.05, 4.69) is 6.07 Å². The molecule has 8 heavy (non-hydrogen) atoms. The number of benzene rings is 1. The van der Waals surface area contributed by atoms with Crippen LogP contribution in [0.4, 0.5) is 4.39 Å². The van der Waals surface area contributed by atoms with Crippen LogP contribution in [0.2, 0.25) is 0 Å². The molecule has 0 spiro atoms. The molecule has 0 aliphatic heterocycles. The van der Waals surface area contributed by atoms with Crippen molar-refractivity contribution in [3.8, 4) is 0 Å². The third kappa shape index (κ3) is 2.53. The minimum Gasteiger partial charge on any atom is -0.236 e. The van der Waals surface area contributed by atoms with Gasteiger partial charge in [0.2, 0.25) is 0 Å². The smallest absolute Gasteiger partial charge is 0.236 e. The van der Waals surface area contributed by atoms with Crippen LogP contribution in [0.25, 0.3) is 0 Å². The Kier molecular flexibility index (Phi) is 4.30. The molecule has 0 radical (unpaired) electrons. The molecule has 0 aromatic heterocycles. The van der Waals surface area contributed by atoms with Gasteiger partial charge in [0, 0.05) is 5.82 Å². The molecule has 0 atom stereocenters. The second-order valence-corrected chi connectivity index (χ2v) is 1.21. The van der Waals surface area contributed by atoms with Crippen molar-refractivity contribution in [2.75, 3.05) is 0 Å². The maximum Gasteiger partial charge on any atom is 3.00 e. The summed E-state index contributed by atoms with van der Waals surface area (Å²) in [5.74, 6) is -0.303. The topological polar surface area (TPSA) is 0 Å². The van der Waals surface area contributed by atoms with Crippen LogP contribution in [0.1, 0.15) is 0 Å². The zero-order valence-corrected chi connectivity index (χ0v) is 7.10. The quantitative estimate of drug-likeness (QED) is 0.537. The third-order valence-corrected chi connectivity index (χ3v) is 0.671. The Balaban J connectivity index is 0.000000490. The van der Waals surface area contributed by atoms with Crippen molar-refractivity contribution in [1.82, 2.24) is 0 Å². The predicted octanol–water partition coefficient (Wildman–Crippen LogP) is 1.62. The predicted molar refractivity (Wildman–Crippen MR) is 25.2 cm³/mol. The van der Waals surface area contributed by atoms with Crippen LogP contribution >= 0.6 is 0 Å². The fourth-order valence-corrected chi connectivity index (χ4v) is 0.371. The van der Waals surface area contributed by atoms with Gasteiger partial charge in [0.1, 0.15) is 0 Å². The van der Waals surface area contributed by atoms with Gasteiger partial charge < -0.3 is 0 Å². The van der Waals surface area contributed by atoms with Crippen molar-refractivity contribution < 1.29 is 37.1 Å². The molecular formula is C6H4FY+2. The van der Waals surface area contributed by atoms with Crippen LogP contribution in [0, 0.1) is 11.9 Å². The maximum atomic E-state index is 11.9. The second kappa shape index (κ2) is 4.16. The van der Waals surface area contributed by atoms with Gasteiger partial charge in [-0.3, -0.25) is 0 Å². The van der Waals surface area contributed by atoms with Crippen molar-refractivity contribution in [2.24, 2.45) is 0 Å². The summed E-state index contributed by atoms with van der Waals surface area (Å²) in [5.41, 5.74) is 0. The van der Waals surface area contributed by atoms with Crippen molar-refractivity contribution in [3.63, 3.8) is 0 Å². The minimum atomic E-state index is -0.303. The van der Waals surface area contributed by atoms with Crippen LogP contribution in [-0.2, 0) is 32.7 Å². The summed E-state index contributed by atoms with van der Waals surface area (Å²) in [6, 6.07) is 8.62. The molecule has 1 rings (SSSR count). The van der Waals surface area contributed by atoms with Crippen LogP contribution in [0.15, 0.2) is 24.3 Å². The largest absolute Gasteiger partial charge is 3.00 e. The number of halogens is 1. The molecular weight excluding hydrogens is 180 g/mol. The summed E-state index contributed by atoms with van der Waals surface area (Å²) in [6.45, 7) is 0. The molecule has 0 unspecified atom stereocenters. The Morgan fingerprint density at radius 1 is 1.38 bits per heavy atom. The van der Waals surface area contributed by atoms with Crippen LogP contribution in [0.5, 0.6) is 0 Å². The fourth-order valence-electron chi connectivity index (χ4n) is 0.371. The Morgan fingerprint density at radius 2 is 2.12 bits per heavy atom. The van der Waals surface area contributed by atoms with E-state index in [0.717, 1.165) is 0 Å². The molecule has 0 aliphatic carbocycles. The van der Waals surface area contributed by atoms with Crippen molar-refractivity contribution in [2.45, 2.75) is 0 Å². The Hall–Kier alpha value is 0.254. The monoisotopic (exact) mass is 184 g/mol. The minimum absolute atomic E-state index is 0. The summed E-state index contributed by atoms with van der Waals surface area (Å²) in [6.07, 6.45) is 0. The standard InChI is InChI=1S/C6H4F.Y/c7-6-4-2-1-3-5-6;/h1-4H;/q-1;+3. The summed E-state index contributed by atoms with van der Waals surface area (Å²) < 4.78 is 11.9. The van der Waals surface area contributed by atoms with Crippen molar-refractivity contribution in [3.05, 3.63) is 36.1 Å². The van der Waals surface area contributed by atoms with Crippen molar-refractivity contribution >= 4 is 0 Å². The number of hydrogen-bond donors (Lipinski definition) is 0. The summed E-state index contributed by atoms with van der Waals surface area (Å²) in [5, 5.41) is 0. The molecule has 0 amide bonds. The fraction of sp³-hybridized carbons (Fsp3) is 0. The molecule has 0 nitrogen and oxygen atoms in total. The Bertz CT molecular complexity index is 138. The van der Waals surface area contributed by atoms with Gasteiger partial charge in [-0.1, -0.05) is 0 Å². The van der Waals surface area contributed by atoms with Gasteiger partial charge in [0.15, 0.2) is 0 Å². The van der Waals surface area contributed by atoms with E-state index in [1.165, 1.54) is 12.1 Å². The van der Waals surface area contributed by atoms with Crippen LogP contribution in [0.3, 0.4) is 0 Å². The normalized spacial score (nSPS) is 7.62. The van der Waals surface area contributed by atoms with E-state index in [9.17, 15) is 4.39 Å². The molecule has 1 aromatic carbocycles. The average Bonchev–Trinajstić information content (AvgIpc) is 1.69. The molecule has 0 aliphatic rings. The van der Waals surface area contributed by atoms with Gasteiger partial charge in [0.25, 0.3) is 0 Å². The van der Waals surface area contributed by atoms with E-state index in [1.54, 1.807) is 12.1 Å². The van der Waals surface area contributed by atoms with E-state index < -0.39 is 0 Å². The van der Waals surface area contributed by atoms with Gasteiger partial charge in [-0.05, 0) is 0 Å². The molecule has 0 fully saturated rings. The van der Waals surface area contributed by atoms with E-state index >= 15 is 0 Å². The van der Waals surface area contributed by atoms with E-state index in [1.807, 2.05) is 0 Å². The van der Waals surface area contributed by atoms with Gasteiger partial charge in [-0.25, -0.2) is 4.39 Å². The maximum absolute atomic E-state index is 11.9. The first-order valence-corrected chi connectivity index (χ1v) is 2.02. The summed E-state index contributed by atoms with van der Waals surface area (Å²) in [7, 11) is 0. The van der Waals surface area contributed by atoms with Gasteiger partial charge >= 0.3 is 32.7 Å². The first kappa shape index (κ1) is 8.25. The molecule has 0 heterocycles. The molecule has 0 N–H and O–H groups in total. The van der Waals surface area contributed by atoms with Crippen molar-refractivity contribution in [1.29, 1.82) is 0 Å². The average molecular weight is 184 g/mol. The Morgan fingerprint density at radius 3 is 2.38 bits per heavy atom. The van der Waals surface area contributed by atoms with Gasteiger partial charge in [0.05, 0.1) is 0 Å². The number of rotatable bonds is 0. The third-order valence-electron chi connectivity index (χ3n) is 0.671. The molecule has 2 heteroatoms. The molecule has 36 valence electrons. The van der Waals surface area contributed by atoms with Crippen LogP contribution < -0.4 is 0 Å². The van der Waals surface area contributed by atoms with E-state index in [4.69, 9.17) is 0 Å². The summed E-state index contributed by atoms with van der Waals surface area (Å²) in [4.78, 5) is 0. The van der Waals surface area contributed by atoms with E-state index in [0.29, 0.717) is 0 Å². The number of hydrogen-bond acceptors (Lipinski definition) is 0. The zero-order valence-electron chi connectivity index (χ0n) is 4.26. The second-order valence-electron chi connectivity index (χ2n) is 1.21. The molecule has 0 saturated heterocycles.